The molecule has 0 spiro atoms. The van der Waals surface area contributed by atoms with Gasteiger partial charge in [-0.2, -0.15) is 0 Å². The predicted molar refractivity (Wildman–Crippen MR) is 59.8 cm³/mol. The molecule has 0 saturated carbocycles. The molecule has 2 N–H and O–H groups in total. The molecule has 1 heterocycles. The zero-order valence-electron chi connectivity index (χ0n) is 9.06. The maximum absolute atomic E-state index is 5.62. The summed E-state index contributed by atoms with van der Waals surface area (Å²) in [5, 5.41) is 0. The van der Waals surface area contributed by atoms with Gasteiger partial charge in [0.1, 0.15) is 0 Å². The van der Waals surface area contributed by atoms with E-state index in [1.54, 1.807) is 14.2 Å². The molecule has 4 nitrogen and oxygen atoms in total. The Hall–Kier alpha value is -1.26. The van der Waals surface area contributed by atoms with Crippen LogP contribution in [0.5, 0.6) is 0 Å². The van der Waals surface area contributed by atoms with Crippen LogP contribution in [0.25, 0.3) is 0 Å². The van der Waals surface area contributed by atoms with E-state index in [2.05, 4.69) is 4.90 Å². The van der Waals surface area contributed by atoms with Crippen LogP contribution in [0.1, 0.15) is 0 Å². The Morgan fingerprint density at radius 1 is 1.13 bits per heavy atom. The fourth-order valence-corrected chi connectivity index (χ4v) is 1.74. The van der Waals surface area contributed by atoms with Crippen molar-refractivity contribution in [3.8, 4) is 0 Å². The van der Waals surface area contributed by atoms with E-state index < -0.39 is 5.79 Å². The molecular formula is C11H16N2O2. The van der Waals surface area contributed by atoms with Crippen molar-refractivity contribution in [2.45, 2.75) is 5.79 Å². The molecule has 0 atom stereocenters. The van der Waals surface area contributed by atoms with Crippen molar-refractivity contribution in [2.75, 3.05) is 37.9 Å². The predicted octanol–water partition coefficient (Wildman–Crippen LogP) is 1.08. The van der Waals surface area contributed by atoms with E-state index in [-0.39, 0.29) is 0 Å². The Kier molecular flexibility index (Phi) is 2.54. The Morgan fingerprint density at radius 3 is 2.13 bits per heavy atom. The van der Waals surface area contributed by atoms with Gasteiger partial charge in [-0.15, -0.1) is 0 Å². The Labute approximate surface area is 89.6 Å². The second-order valence-corrected chi connectivity index (χ2v) is 3.77. The Bertz CT molecular complexity index is 325. The smallest absolute Gasteiger partial charge is 0.203 e. The molecule has 0 amide bonds. The third kappa shape index (κ3) is 1.78. The van der Waals surface area contributed by atoms with Crippen molar-refractivity contribution in [1.29, 1.82) is 0 Å². The molecule has 1 aliphatic heterocycles. The molecule has 2 rings (SSSR count). The van der Waals surface area contributed by atoms with Crippen LogP contribution in [0.3, 0.4) is 0 Å². The van der Waals surface area contributed by atoms with Crippen LogP contribution in [0.2, 0.25) is 0 Å². The number of nitrogens with two attached hydrogens (primary N) is 1. The molecule has 15 heavy (non-hydrogen) atoms. The SMILES string of the molecule is COC1(OC)CN(c2ccc(N)cc2)C1. The first-order chi connectivity index (χ1) is 7.19. The number of methoxy groups -OCH3 is 2. The summed E-state index contributed by atoms with van der Waals surface area (Å²) in [6.07, 6.45) is 0. The molecule has 82 valence electrons. The van der Waals surface area contributed by atoms with Gasteiger partial charge in [-0.1, -0.05) is 0 Å². The molecule has 0 aliphatic carbocycles. The highest BCUT2D eigenvalue weighted by molar-refractivity contribution is 5.55. The third-order valence-corrected chi connectivity index (χ3v) is 2.87. The van der Waals surface area contributed by atoms with Crippen LogP contribution in [0.4, 0.5) is 11.4 Å². The highest BCUT2D eigenvalue weighted by Crippen LogP contribution is 2.30. The van der Waals surface area contributed by atoms with Crippen molar-refractivity contribution in [3.05, 3.63) is 24.3 Å². The lowest BCUT2D eigenvalue weighted by molar-refractivity contribution is -0.219. The number of nitrogen functional groups attached to an aromatic ring is 1. The fourth-order valence-electron chi connectivity index (χ4n) is 1.74. The average molecular weight is 208 g/mol. The van der Waals surface area contributed by atoms with Crippen molar-refractivity contribution in [2.24, 2.45) is 0 Å². The maximum Gasteiger partial charge on any atom is 0.203 e. The second kappa shape index (κ2) is 3.72. The standard InChI is InChI=1S/C11H16N2O2/c1-14-11(15-2)7-13(8-11)10-5-3-9(12)4-6-10/h3-6H,7-8,12H2,1-2H3. The van der Waals surface area contributed by atoms with E-state index in [9.17, 15) is 0 Å². The monoisotopic (exact) mass is 208 g/mol. The van der Waals surface area contributed by atoms with Crippen molar-refractivity contribution < 1.29 is 9.47 Å². The van der Waals surface area contributed by atoms with Gasteiger partial charge in [0.15, 0.2) is 0 Å². The largest absolute Gasteiger partial charge is 0.399 e. The number of hydrogen-bond donors (Lipinski definition) is 1. The highest BCUT2D eigenvalue weighted by atomic mass is 16.7. The molecule has 0 aromatic heterocycles. The van der Waals surface area contributed by atoms with Crippen molar-refractivity contribution in [3.63, 3.8) is 0 Å². The summed E-state index contributed by atoms with van der Waals surface area (Å²) in [5.41, 5.74) is 7.55. The van der Waals surface area contributed by atoms with Gasteiger partial charge in [-0.25, -0.2) is 0 Å². The molecule has 0 unspecified atom stereocenters. The minimum absolute atomic E-state index is 0.429. The molecule has 0 bridgehead atoms. The molecule has 1 aromatic carbocycles. The van der Waals surface area contributed by atoms with Crippen LogP contribution in [0.15, 0.2) is 24.3 Å². The van der Waals surface area contributed by atoms with Gasteiger partial charge in [0, 0.05) is 25.6 Å². The molecule has 1 fully saturated rings. The molecule has 1 saturated heterocycles. The van der Waals surface area contributed by atoms with Crippen LogP contribution in [-0.4, -0.2) is 33.1 Å². The van der Waals surface area contributed by atoms with E-state index in [4.69, 9.17) is 15.2 Å². The summed E-state index contributed by atoms with van der Waals surface area (Å²) in [6, 6.07) is 7.80. The summed E-state index contributed by atoms with van der Waals surface area (Å²) in [7, 11) is 3.34. The zero-order chi connectivity index (χ0) is 10.9. The van der Waals surface area contributed by atoms with Gasteiger partial charge in [0.25, 0.3) is 0 Å². The number of nitrogens with zero attached hydrogens (tertiary/aromatic N) is 1. The highest BCUT2D eigenvalue weighted by Gasteiger charge is 2.43. The van der Waals surface area contributed by atoms with Gasteiger partial charge in [-0.3, -0.25) is 0 Å². The summed E-state index contributed by atoms with van der Waals surface area (Å²) in [6.45, 7) is 1.51. The van der Waals surface area contributed by atoms with E-state index in [0.717, 1.165) is 24.5 Å². The quantitative estimate of drug-likeness (QED) is 0.596. The minimum atomic E-state index is -0.429. The van der Waals surface area contributed by atoms with Gasteiger partial charge in [0.05, 0.1) is 13.1 Å². The summed E-state index contributed by atoms with van der Waals surface area (Å²) >= 11 is 0. The normalized spacial score (nSPS) is 18.7. The zero-order valence-corrected chi connectivity index (χ0v) is 9.06. The number of benzene rings is 1. The Balaban J connectivity index is 2.02. The summed E-state index contributed by atoms with van der Waals surface area (Å²) in [5.74, 6) is -0.429. The number of hydrogen-bond acceptors (Lipinski definition) is 4. The van der Waals surface area contributed by atoms with Crippen LogP contribution in [0, 0.1) is 0 Å². The fraction of sp³-hybridized carbons (Fsp3) is 0.455. The van der Waals surface area contributed by atoms with Gasteiger partial charge >= 0.3 is 0 Å². The second-order valence-electron chi connectivity index (χ2n) is 3.77. The average Bonchev–Trinajstić information content (AvgIpc) is 2.20. The maximum atomic E-state index is 5.62. The molecule has 1 aromatic rings. The Morgan fingerprint density at radius 2 is 1.67 bits per heavy atom. The van der Waals surface area contributed by atoms with Gasteiger partial charge in [-0.05, 0) is 24.3 Å². The minimum Gasteiger partial charge on any atom is -0.399 e. The van der Waals surface area contributed by atoms with Gasteiger partial charge in [0.2, 0.25) is 5.79 Å². The third-order valence-electron chi connectivity index (χ3n) is 2.87. The molecule has 4 heteroatoms. The first kappa shape index (κ1) is 10.3. The van der Waals surface area contributed by atoms with Crippen LogP contribution >= 0.6 is 0 Å². The van der Waals surface area contributed by atoms with Crippen LogP contribution < -0.4 is 10.6 Å². The summed E-state index contributed by atoms with van der Waals surface area (Å²) < 4.78 is 10.6. The first-order valence-corrected chi connectivity index (χ1v) is 4.90. The summed E-state index contributed by atoms with van der Waals surface area (Å²) in [4.78, 5) is 2.19. The van der Waals surface area contributed by atoms with E-state index in [1.807, 2.05) is 24.3 Å². The van der Waals surface area contributed by atoms with E-state index >= 15 is 0 Å². The topological polar surface area (TPSA) is 47.7 Å². The van der Waals surface area contributed by atoms with E-state index in [1.165, 1.54) is 0 Å². The lowest BCUT2D eigenvalue weighted by Crippen LogP contribution is -2.64. The van der Waals surface area contributed by atoms with Gasteiger partial charge < -0.3 is 20.1 Å². The lowest BCUT2D eigenvalue weighted by Gasteiger charge is -2.48. The molecule has 0 radical (unpaired) electrons. The number of rotatable bonds is 3. The van der Waals surface area contributed by atoms with Crippen LogP contribution in [-0.2, 0) is 9.47 Å². The van der Waals surface area contributed by atoms with E-state index in [0.29, 0.717) is 0 Å². The molecular weight excluding hydrogens is 192 g/mol. The van der Waals surface area contributed by atoms with Crippen molar-refractivity contribution >= 4 is 11.4 Å². The molecule has 1 aliphatic rings. The number of ether oxygens (including phenoxy) is 2. The first-order valence-electron chi connectivity index (χ1n) is 4.90. The van der Waals surface area contributed by atoms with Crippen molar-refractivity contribution in [1.82, 2.24) is 0 Å². The number of anilines is 2. The lowest BCUT2D eigenvalue weighted by atomic mass is 10.1.